The summed E-state index contributed by atoms with van der Waals surface area (Å²) in [5.41, 5.74) is 1.39. The number of fused-ring (bicyclic) bond motifs is 3. The zero-order chi connectivity index (χ0) is 38.4. The first kappa shape index (κ1) is 38.4. The van der Waals surface area contributed by atoms with Crippen LogP contribution in [0, 0.1) is 5.92 Å². The monoisotopic (exact) mass is 745 g/mol. The van der Waals surface area contributed by atoms with Crippen LogP contribution in [0.15, 0.2) is 42.9 Å². The number of nitrogens with one attached hydrogen (secondary N) is 5. The quantitative estimate of drug-likeness (QED) is 0.267. The summed E-state index contributed by atoms with van der Waals surface area (Å²) < 4.78 is 0. The van der Waals surface area contributed by atoms with Crippen molar-refractivity contribution < 1.29 is 33.6 Å². The van der Waals surface area contributed by atoms with Crippen molar-refractivity contribution in [2.24, 2.45) is 5.92 Å². The number of benzene rings is 1. The Hall–Kier alpha value is -5.28. The van der Waals surface area contributed by atoms with Gasteiger partial charge in [-0.25, -0.2) is 4.98 Å². The molecule has 1 aromatic carbocycles. The van der Waals surface area contributed by atoms with Gasteiger partial charge in [0.2, 0.25) is 41.4 Å². The minimum Gasteiger partial charge on any atom is -0.348 e. The highest BCUT2D eigenvalue weighted by atomic mass is 16.2. The number of H-pyrrole nitrogens is 1. The van der Waals surface area contributed by atoms with Crippen molar-refractivity contribution in [3.05, 3.63) is 54.1 Å². The van der Waals surface area contributed by atoms with E-state index in [2.05, 4.69) is 31.2 Å². The molecule has 16 nitrogen and oxygen atoms in total. The number of aromatic nitrogens is 2. The molecule has 0 aliphatic carbocycles. The topological polar surface area (TPSA) is 206 Å². The predicted molar refractivity (Wildman–Crippen MR) is 195 cm³/mol. The summed E-state index contributed by atoms with van der Waals surface area (Å²) in [5, 5.41) is 11.2. The summed E-state index contributed by atoms with van der Waals surface area (Å²) in [7, 11) is 0. The first-order chi connectivity index (χ1) is 26.0. The maximum atomic E-state index is 14.4. The number of amides is 7. The van der Waals surface area contributed by atoms with Crippen LogP contribution >= 0.6 is 0 Å². The summed E-state index contributed by atoms with van der Waals surface area (Å²) in [6.07, 6.45) is 6.59. The number of hydrogen-bond donors (Lipinski definition) is 5. The zero-order valence-corrected chi connectivity index (χ0v) is 30.9. The molecule has 4 aliphatic rings. The number of nitrogens with zero attached hydrogens (tertiary/aromatic N) is 4. The van der Waals surface area contributed by atoms with Crippen molar-refractivity contribution in [2.45, 2.75) is 108 Å². The number of imidazole rings is 1. The van der Waals surface area contributed by atoms with E-state index in [-0.39, 0.29) is 31.2 Å². The molecule has 54 heavy (non-hydrogen) atoms. The van der Waals surface area contributed by atoms with Gasteiger partial charge in [0.1, 0.15) is 36.3 Å². The maximum Gasteiger partial charge on any atom is 0.246 e. The molecule has 7 amide bonds. The fourth-order valence-electron chi connectivity index (χ4n) is 8.09. The number of carbonyl (C=O) groups excluding carboxylic acids is 7. The number of carbonyl (C=O) groups is 7. The SMILES string of the molecule is CC[C@@H](C)[C@@H]1NC(=O)CNC(=O)[C@@H]2CCCN2C(=O)[C@@H]2CCCN2C(=O)[C@H](Cc2cnc[nH]2)NC(=O)[C@@H]2CCCN2C(=O)[C@@H](Cc2ccccc2)NC1=O. The average Bonchev–Trinajstić information content (AvgIpc) is 4.02. The average molecular weight is 746 g/mol. The van der Waals surface area contributed by atoms with Gasteiger partial charge >= 0.3 is 0 Å². The molecule has 4 saturated heterocycles. The lowest BCUT2D eigenvalue weighted by molar-refractivity contribution is -0.148. The van der Waals surface area contributed by atoms with E-state index in [1.54, 1.807) is 6.20 Å². The van der Waals surface area contributed by atoms with Crippen LogP contribution < -0.4 is 21.3 Å². The lowest BCUT2D eigenvalue weighted by atomic mass is 9.97. The third kappa shape index (κ3) is 8.57. The predicted octanol–water partition coefficient (Wildman–Crippen LogP) is -0.202. The van der Waals surface area contributed by atoms with E-state index in [1.165, 1.54) is 21.0 Å². The largest absolute Gasteiger partial charge is 0.348 e. The van der Waals surface area contributed by atoms with E-state index in [0.717, 1.165) is 5.56 Å². The smallest absolute Gasteiger partial charge is 0.246 e. The normalized spacial score (nSPS) is 28.3. The fraction of sp³-hybridized carbons (Fsp3) is 0.579. The highest BCUT2D eigenvalue weighted by Crippen LogP contribution is 2.27. The third-order valence-corrected chi connectivity index (χ3v) is 11.2. The minimum absolute atomic E-state index is 0.0715. The highest BCUT2D eigenvalue weighted by Gasteiger charge is 2.45. The fourth-order valence-corrected chi connectivity index (χ4v) is 8.09. The molecule has 7 atom stereocenters. The molecule has 290 valence electrons. The van der Waals surface area contributed by atoms with Crippen molar-refractivity contribution in [2.75, 3.05) is 26.2 Å². The lowest BCUT2D eigenvalue weighted by Gasteiger charge is -2.34. The lowest BCUT2D eigenvalue weighted by Crippen LogP contribution is -2.60. The van der Waals surface area contributed by atoms with Gasteiger partial charge in [-0.05, 0) is 50.0 Å². The molecule has 4 aliphatic heterocycles. The molecule has 0 unspecified atom stereocenters. The summed E-state index contributed by atoms with van der Waals surface area (Å²) >= 11 is 0. The van der Waals surface area contributed by atoms with Crippen LogP contribution in [-0.4, -0.2) is 128 Å². The molecule has 2 aromatic rings. The van der Waals surface area contributed by atoms with E-state index in [0.29, 0.717) is 63.7 Å². The van der Waals surface area contributed by atoms with Gasteiger partial charge in [-0.2, -0.15) is 0 Å². The molecule has 5 heterocycles. The van der Waals surface area contributed by atoms with Gasteiger partial charge in [-0.1, -0.05) is 50.6 Å². The van der Waals surface area contributed by atoms with E-state index < -0.39 is 78.2 Å². The number of aromatic amines is 1. The van der Waals surface area contributed by atoms with Crippen molar-refractivity contribution in [1.29, 1.82) is 0 Å². The molecule has 0 radical (unpaired) electrons. The second-order valence-corrected chi connectivity index (χ2v) is 14.8. The van der Waals surface area contributed by atoms with Crippen molar-refractivity contribution in [3.63, 3.8) is 0 Å². The van der Waals surface area contributed by atoms with Gasteiger partial charge in [0, 0.05) is 44.4 Å². The van der Waals surface area contributed by atoms with Crippen LogP contribution in [0.25, 0.3) is 0 Å². The Morgan fingerprint density at radius 2 is 1.28 bits per heavy atom. The molecule has 4 fully saturated rings. The number of rotatable bonds is 6. The standard InChI is InChI=1S/C38H51N9O7/c1-3-23(2)32-35(51)43-26(18-24-10-5-4-6-11-24)36(52)45-15-8-13-29(45)34(50)42-27(19-25-20-39-22-41-25)37(53)47-17-9-14-30(47)38(54)46-16-7-12-28(46)33(49)40-21-31(48)44-32/h4-6,10-11,20,22-23,26-30,32H,3,7-9,12-19,21H2,1-2H3,(H,39,41)(H,40,49)(H,42,50)(H,43,51)(H,44,48)/t23-,26-,27+,28+,29+,30+,32+/m1/s1. The molecule has 0 spiro atoms. The van der Waals surface area contributed by atoms with Crippen LogP contribution in [0.4, 0.5) is 0 Å². The Balaban J connectivity index is 1.35. The van der Waals surface area contributed by atoms with Crippen LogP contribution in [0.5, 0.6) is 0 Å². The van der Waals surface area contributed by atoms with Crippen molar-refractivity contribution in [1.82, 2.24) is 45.9 Å². The van der Waals surface area contributed by atoms with Gasteiger partial charge in [0.05, 0.1) is 12.9 Å². The van der Waals surface area contributed by atoms with Gasteiger partial charge in [-0.3, -0.25) is 33.6 Å². The minimum atomic E-state index is -1.08. The second kappa shape index (κ2) is 17.2. The van der Waals surface area contributed by atoms with Crippen molar-refractivity contribution in [3.8, 4) is 0 Å². The molecule has 16 heteroatoms. The van der Waals surface area contributed by atoms with Crippen LogP contribution in [0.3, 0.4) is 0 Å². The summed E-state index contributed by atoms with van der Waals surface area (Å²) in [6.45, 7) is 4.16. The van der Waals surface area contributed by atoms with Crippen LogP contribution in [-0.2, 0) is 46.4 Å². The van der Waals surface area contributed by atoms with Crippen LogP contribution in [0.1, 0.15) is 70.1 Å². The van der Waals surface area contributed by atoms with Gasteiger partial charge in [-0.15, -0.1) is 0 Å². The Morgan fingerprint density at radius 3 is 1.91 bits per heavy atom. The molecule has 0 saturated carbocycles. The Labute approximate surface area is 314 Å². The summed E-state index contributed by atoms with van der Waals surface area (Å²) in [4.78, 5) is 109. The molecule has 0 bridgehead atoms. The highest BCUT2D eigenvalue weighted by molar-refractivity contribution is 5.98. The van der Waals surface area contributed by atoms with Gasteiger partial charge in [0.25, 0.3) is 0 Å². The molecule has 5 N–H and O–H groups in total. The Kier molecular flexibility index (Phi) is 12.3. The molecular formula is C38H51N9O7. The second-order valence-electron chi connectivity index (χ2n) is 14.8. The molecule has 1 aromatic heterocycles. The summed E-state index contributed by atoms with van der Waals surface area (Å²) in [5.74, 6) is -3.77. The van der Waals surface area contributed by atoms with E-state index >= 15 is 0 Å². The Bertz CT molecular complexity index is 1700. The molecular weight excluding hydrogens is 694 g/mol. The first-order valence-electron chi connectivity index (χ1n) is 19.2. The number of hydrogen-bond acceptors (Lipinski definition) is 8. The van der Waals surface area contributed by atoms with Crippen LogP contribution in [0.2, 0.25) is 0 Å². The zero-order valence-electron chi connectivity index (χ0n) is 30.9. The third-order valence-electron chi connectivity index (χ3n) is 11.2. The van der Waals surface area contributed by atoms with E-state index in [4.69, 9.17) is 0 Å². The molecule has 6 rings (SSSR count). The Morgan fingerprint density at radius 1 is 0.704 bits per heavy atom. The van der Waals surface area contributed by atoms with Crippen molar-refractivity contribution >= 4 is 41.4 Å². The van der Waals surface area contributed by atoms with Gasteiger partial charge in [0.15, 0.2) is 0 Å². The van der Waals surface area contributed by atoms with E-state index in [1.807, 2.05) is 44.2 Å². The summed E-state index contributed by atoms with van der Waals surface area (Å²) in [6, 6.07) is 3.45. The first-order valence-corrected chi connectivity index (χ1v) is 19.2. The van der Waals surface area contributed by atoms with E-state index in [9.17, 15) is 33.6 Å². The van der Waals surface area contributed by atoms with Gasteiger partial charge < -0.3 is 41.0 Å². The maximum absolute atomic E-state index is 14.4.